The van der Waals surface area contributed by atoms with Crippen molar-refractivity contribution in [2.45, 2.75) is 4.90 Å². The minimum absolute atomic E-state index is 0.0151. The average molecular weight is 372 g/mol. The third-order valence-corrected chi connectivity index (χ3v) is 4.65. The molecule has 132 valence electrons. The molecular formula is C16H12N4O5S. The predicted molar refractivity (Wildman–Crippen MR) is 91.1 cm³/mol. The van der Waals surface area contributed by atoms with E-state index in [0.717, 1.165) is 0 Å². The van der Waals surface area contributed by atoms with E-state index in [4.69, 9.17) is 9.44 Å². The number of nitriles is 1. The lowest BCUT2D eigenvalue weighted by molar-refractivity contribution is 0.186. The Morgan fingerprint density at radius 3 is 2.77 bits per heavy atom. The average Bonchev–Trinajstić information content (AvgIpc) is 3.02. The molecule has 0 aliphatic rings. The third kappa shape index (κ3) is 3.42. The van der Waals surface area contributed by atoms with Gasteiger partial charge >= 0.3 is 16.2 Å². The van der Waals surface area contributed by atoms with Crippen molar-refractivity contribution < 1.29 is 22.1 Å². The Morgan fingerprint density at radius 1 is 1.27 bits per heavy atom. The number of H-pyrrole nitrogens is 1. The van der Waals surface area contributed by atoms with Crippen molar-refractivity contribution in [1.29, 1.82) is 5.26 Å². The molecule has 0 aliphatic heterocycles. The van der Waals surface area contributed by atoms with Crippen LogP contribution >= 0.6 is 0 Å². The van der Waals surface area contributed by atoms with E-state index >= 15 is 0 Å². The standard InChI is InChI=1S/C16H12N4O5S/c1-24-16(21)20-15-18-12-7-6-11(8-13(12)19-15)25-26(22,23)14-5-3-2-4-10(14)9-17/h2-8H,1H3,(H2,18,19,20,21). The normalized spacial score (nSPS) is 10.9. The third-order valence-electron chi connectivity index (χ3n) is 3.34. The molecule has 10 heteroatoms. The van der Waals surface area contributed by atoms with Gasteiger partial charge in [0.05, 0.1) is 23.7 Å². The molecule has 0 spiro atoms. The molecule has 0 fully saturated rings. The van der Waals surface area contributed by atoms with Gasteiger partial charge in [0, 0.05) is 6.07 Å². The van der Waals surface area contributed by atoms with Gasteiger partial charge in [0.15, 0.2) is 0 Å². The van der Waals surface area contributed by atoms with Crippen LogP contribution in [0.15, 0.2) is 47.4 Å². The van der Waals surface area contributed by atoms with Gasteiger partial charge in [-0.05, 0) is 24.3 Å². The molecule has 1 heterocycles. The Kier molecular flexibility index (Phi) is 4.47. The van der Waals surface area contributed by atoms with Crippen LogP contribution in [-0.2, 0) is 14.9 Å². The number of amides is 1. The summed E-state index contributed by atoms with van der Waals surface area (Å²) in [5, 5.41) is 11.4. The maximum absolute atomic E-state index is 12.4. The van der Waals surface area contributed by atoms with Crippen LogP contribution in [0, 0.1) is 11.3 Å². The number of benzene rings is 2. The van der Waals surface area contributed by atoms with Gasteiger partial charge in [-0.2, -0.15) is 13.7 Å². The first kappa shape index (κ1) is 17.2. The summed E-state index contributed by atoms with van der Waals surface area (Å²) < 4.78 is 34.4. The monoisotopic (exact) mass is 372 g/mol. The van der Waals surface area contributed by atoms with Crippen molar-refractivity contribution in [3.05, 3.63) is 48.0 Å². The van der Waals surface area contributed by atoms with Crippen molar-refractivity contribution in [2.75, 3.05) is 12.4 Å². The lowest BCUT2D eigenvalue weighted by atomic mass is 10.2. The highest BCUT2D eigenvalue weighted by Crippen LogP contribution is 2.25. The molecule has 0 atom stereocenters. The fourth-order valence-electron chi connectivity index (χ4n) is 2.19. The summed E-state index contributed by atoms with van der Waals surface area (Å²) in [6, 6.07) is 11.9. The lowest BCUT2D eigenvalue weighted by Crippen LogP contribution is -2.11. The van der Waals surface area contributed by atoms with Gasteiger partial charge in [0.25, 0.3) is 0 Å². The Bertz CT molecular complexity index is 1130. The Morgan fingerprint density at radius 2 is 2.04 bits per heavy atom. The maximum atomic E-state index is 12.4. The second-order valence-corrected chi connectivity index (χ2v) is 6.54. The number of imidazole rings is 1. The predicted octanol–water partition coefficient (Wildman–Crippen LogP) is 2.38. The lowest BCUT2D eigenvalue weighted by Gasteiger charge is -2.08. The van der Waals surface area contributed by atoms with Gasteiger partial charge in [-0.25, -0.2) is 9.78 Å². The van der Waals surface area contributed by atoms with E-state index in [-0.39, 0.29) is 22.2 Å². The van der Waals surface area contributed by atoms with E-state index in [9.17, 15) is 13.2 Å². The highest BCUT2D eigenvalue weighted by molar-refractivity contribution is 7.87. The molecule has 2 aromatic carbocycles. The molecule has 3 rings (SSSR count). The summed E-state index contributed by atoms with van der Waals surface area (Å²) in [6.07, 6.45) is -0.698. The van der Waals surface area contributed by atoms with Crippen molar-refractivity contribution in [3.63, 3.8) is 0 Å². The summed E-state index contributed by atoms with van der Waals surface area (Å²) >= 11 is 0. The smallest absolute Gasteiger partial charge is 0.413 e. The van der Waals surface area contributed by atoms with Crippen LogP contribution in [0.4, 0.5) is 10.7 Å². The fourth-order valence-corrected chi connectivity index (χ4v) is 3.27. The van der Waals surface area contributed by atoms with Crippen molar-refractivity contribution in [1.82, 2.24) is 9.97 Å². The Balaban J connectivity index is 1.91. The number of methoxy groups -OCH3 is 1. The first-order chi connectivity index (χ1) is 12.4. The summed E-state index contributed by atoms with van der Waals surface area (Å²) in [5.41, 5.74) is 0.911. The number of nitrogens with zero attached hydrogens (tertiary/aromatic N) is 2. The molecule has 2 N–H and O–H groups in total. The summed E-state index contributed by atoms with van der Waals surface area (Å²) in [7, 11) is -2.97. The number of carbonyl (C=O) groups excluding carboxylic acids is 1. The van der Waals surface area contributed by atoms with E-state index in [1.165, 1.54) is 37.4 Å². The van der Waals surface area contributed by atoms with Crippen LogP contribution in [0.5, 0.6) is 5.75 Å². The molecule has 3 aromatic rings. The molecule has 0 bridgehead atoms. The molecule has 0 aliphatic carbocycles. The van der Waals surface area contributed by atoms with Gasteiger partial charge in [-0.3, -0.25) is 5.32 Å². The first-order valence-electron chi connectivity index (χ1n) is 7.21. The number of hydrogen-bond acceptors (Lipinski definition) is 7. The van der Waals surface area contributed by atoms with Gasteiger partial charge in [-0.1, -0.05) is 12.1 Å². The number of anilines is 1. The quantitative estimate of drug-likeness (QED) is 0.671. The van der Waals surface area contributed by atoms with Gasteiger partial charge < -0.3 is 13.9 Å². The largest absolute Gasteiger partial charge is 0.453 e. The molecule has 0 saturated carbocycles. The maximum Gasteiger partial charge on any atom is 0.413 e. The SMILES string of the molecule is COC(=O)Nc1nc2cc(OS(=O)(=O)c3ccccc3C#N)ccc2[nH]1. The second kappa shape index (κ2) is 6.73. The molecule has 9 nitrogen and oxygen atoms in total. The number of rotatable bonds is 4. The number of fused-ring (bicyclic) bond motifs is 1. The Hall–Kier alpha value is -3.58. The number of aromatic nitrogens is 2. The van der Waals surface area contributed by atoms with Crippen molar-refractivity contribution in [2.24, 2.45) is 0 Å². The van der Waals surface area contributed by atoms with Crippen LogP contribution in [0.25, 0.3) is 11.0 Å². The molecule has 1 aromatic heterocycles. The van der Waals surface area contributed by atoms with Crippen molar-refractivity contribution in [3.8, 4) is 11.8 Å². The van der Waals surface area contributed by atoms with Gasteiger partial charge in [0.2, 0.25) is 5.95 Å². The first-order valence-corrected chi connectivity index (χ1v) is 8.62. The van der Waals surface area contributed by atoms with Crippen molar-refractivity contribution >= 4 is 33.2 Å². The zero-order valence-electron chi connectivity index (χ0n) is 13.4. The van der Waals surface area contributed by atoms with Crippen LogP contribution in [0.3, 0.4) is 0 Å². The molecule has 26 heavy (non-hydrogen) atoms. The van der Waals surface area contributed by atoms with Gasteiger partial charge in [0.1, 0.15) is 16.7 Å². The summed E-state index contributed by atoms with van der Waals surface area (Å²) in [5.74, 6) is 0.156. The second-order valence-electron chi connectivity index (χ2n) is 5.03. The fraction of sp³-hybridized carbons (Fsp3) is 0.0625. The van der Waals surface area contributed by atoms with Crippen LogP contribution in [0.2, 0.25) is 0 Å². The highest BCUT2D eigenvalue weighted by atomic mass is 32.2. The number of nitrogens with one attached hydrogen (secondary N) is 2. The molecule has 0 saturated heterocycles. The molecule has 1 amide bonds. The molecular weight excluding hydrogens is 360 g/mol. The van der Waals surface area contributed by atoms with Crippen LogP contribution < -0.4 is 9.50 Å². The summed E-state index contributed by atoms with van der Waals surface area (Å²) in [6.45, 7) is 0. The summed E-state index contributed by atoms with van der Waals surface area (Å²) in [4.78, 5) is 17.9. The number of hydrogen-bond donors (Lipinski definition) is 2. The minimum Gasteiger partial charge on any atom is -0.453 e. The topological polar surface area (TPSA) is 134 Å². The van der Waals surface area contributed by atoms with Crippen LogP contribution in [-0.4, -0.2) is 31.6 Å². The molecule has 0 unspecified atom stereocenters. The van der Waals surface area contributed by atoms with E-state index < -0.39 is 16.2 Å². The van der Waals surface area contributed by atoms with Gasteiger partial charge in [-0.15, -0.1) is 0 Å². The Labute approximate surface area is 148 Å². The zero-order chi connectivity index (χ0) is 18.7. The number of carbonyl (C=O) groups is 1. The van der Waals surface area contributed by atoms with E-state index in [1.807, 2.05) is 6.07 Å². The van der Waals surface area contributed by atoms with E-state index in [0.29, 0.717) is 11.0 Å². The number of ether oxygens (including phenoxy) is 1. The highest BCUT2D eigenvalue weighted by Gasteiger charge is 2.21. The zero-order valence-corrected chi connectivity index (χ0v) is 14.2. The molecule has 0 radical (unpaired) electrons. The minimum atomic E-state index is -4.19. The number of aromatic amines is 1. The van der Waals surface area contributed by atoms with E-state index in [1.54, 1.807) is 12.1 Å². The van der Waals surface area contributed by atoms with Crippen LogP contribution in [0.1, 0.15) is 5.56 Å². The van der Waals surface area contributed by atoms with E-state index in [2.05, 4.69) is 20.0 Å².